The van der Waals surface area contributed by atoms with Crippen LogP contribution in [0.4, 0.5) is 0 Å². The van der Waals surface area contributed by atoms with Crippen LogP contribution in [0, 0.1) is 0 Å². The van der Waals surface area contributed by atoms with Crippen molar-refractivity contribution in [3.8, 4) is 5.75 Å². The third kappa shape index (κ3) is 2.33. The van der Waals surface area contributed by atoms with Crippen molar-refractivity contribution in [3.05, 3.63) is 36.4 Å². The Labute approximate surface area is 114 Å². The molecule has 3 rings (SSSR count). The average Bonchev–Trinajstić information content (AvgIpc) is 2.99. The third-order valence-corrected chi connectivity index (χ3v) is 4.45. The van der Waals surface area contributed by atoms with Crippen LogP contribution in [0.5, 0.6) is 5.75 Å². The van der Waals surface area contributed by atoms with Gasteiger partial charge in [0.2, 0.25) is 0 Å². The largest absolute Gasteiger partial charge is 0.497 e. The van der Waals surface area contributed by atoms with Gasteiger partial charge in [0.15, 0.2) is 11.0 Å². The van der Waals surface area contributed by atoms with Gasteiger partial charge in [-0.15, -0.1) is 0 Å². The summed E-state index contributed by atoms with van der Waals surface area (Å²) in [5.74, 6) is 0.827. The zero-order chi connectivity index (χ0) is 13.2. The molecule has 0 bridgehead atoms. The van der Waals surface area contributed by atoms with Gasteiger partial charge in [-0.05, 0) is 35.0 Å². The van der Waals surface area contributed by atoms with E-state index in [1.54, 1.807) is 17.8 Å². The lowest BCUT2D eigenvalue weighted by molar-refractivity contribution is 0.415. The first-order valence-electron chi connectivity index (χ1n) is 6.04. The van der Waals surface area contributed by atoms with E-state index in [9.17, 15) is 4.21 Å². The molecule has 0 radical (unpaired) electrons. The van der Waals surface area contributed by atoms with Crippen LogP contribution < -0.4 is 4.74 Å². The molecule has 0 saturated heterocycles. The summed E-state index contributed by atoms with van der Waals surface area (Å²) in [6.07, 6.45) is 1.66. The standard InChI is InChI=1S/C14H14N2O2S/c1-18-13-4-2-12-9-14(5-3-11(12)8-13)19(17)16-7-6-15-10-16/h2-5,8-10H,6-7H2,1H3. The predicted molar refractivity (Wildman–Crippen MR) is 77.0 cm³/mol. The molecule has 19 heavy (non-hydrogen) atoms. The van der Waals surface area contributed by atoms with Crippen molar-refractivity contribution in [2.24, 2.45) is 4.99 Å². The zero-order valence-electron chi connectivity index (χ0n) is 10.6. The number of rotatable bonds is 3. The lowest BCUT2D eigenvalue weighted by Crippen LogP contribution is -2.22. The van der Waals surface area contributed by atoms with E-state index < -0.39 is 11.0 Å². The Morgan fingerprint density at radius 3 is 2.74 bits per heavy atom. The van der Waals surface area contributed by atoms with Gasteiger partial charge < -0.3 is 4.74 Å². The Kier molecular flexibility index (Phi) is 3.21. The minimum absolute atomic E-state index is 0.716. The molecule has 0 aliphatic carbocycles. The van der Waals surface area contributed by atoms with Crippen molar-refractivity contribution in [3.63, 3.8) is 0 Å². The van der Waals surface area contributed by atoms with Crippen LogP contribution in [-0.2, 0) is 11.0 Å². The van der Waals surface area contributed by atoms with Crippen LogP contribution in [0.1, 0.15) is 0 Å². The number of ether oxygens (including phenoxy) is 1. The number of nitrogens with zero attached hydrogens (tertiary/aromatic N) is 2. The molecule has 2 aromatic rings. The molecular weight excluding hydrogens is 260 g/mol. The first-order chi connectivity index (χ1) is 9.28. The summed E-state index contributed by atoms with van der Waals surface area (Å²) in [6, 6.07) is 11.7. The SMILES string of the molecule is COc1ccc2cc(S(=O)N3C=NCC3)ccc2c1. The fourth-order valence-corrected chi connectivity index (χ4v) is 3.14. The Morgan fingerprint density at radius 1 is 1.21 bits per heavy atom. The highest BCUT2D eigenvalue weighted by Gasteiger charge is 2.15. The lowest BCUT2D eigenvalue weighted by atomic mass is 10.1. The number of aliphatic imine (C=N–C) groups is 1. The molecule has 1 unspecified atom stereocenters. The van der Waals surface area contributed by atoms with Crippen LogP contribution in [0.15, 0.2) is 46.3 Å². The van der Waals surface area contributed by atoms with Crippen molar-refractivity contribution in [2.45, 2.75) is 4.90 Å². The Hall–Kier alpha value is -1.88. The normalized spacial score (nSPS) is 15.9. The van der Waals surface area contributed by atoms with Crippen molar-refractivity contribution < 1.29 is 8.95 Å². The van der Waals surface area contributed by atoms with E-state index in [-0.39, 0.29) is 0 Å². The fraction of sp³-hybridized carbons (Fsp3) is 0.214. The molecule has 2 aromatic carbocycles. The summed E-state index contributed by atoms with van der Waals surface area (Å²) in [4.78, 5) is 4.88. The highest BCUT2D eigenvalue weighted by atomic mass is 32.2. The fourth-order valence-electron chi connectivity index (χ4n) is 2.06. The summed E-state index contributed by atoms with van der Waals surface area (Å²) in [6.45, 7) is 1.43. The average molecular weight is 274 g/mol. The molecule has 0 spiro atoms. The van der Waals surface area contributed by atoms with E-state index in [2.05, 4.69) is 4.99 Å². The molecule has 1 aliphatic heterocycles. The van der Waals surface area contributed by atoms with E-state index in [0.29, 0.717) is 6.54 Å². The summed E-state index contributed by atoms with van der Waals surface area (Å²) in [7, 11) is 0.481. The maximum Gasteiger partial charge on any atom is 0.153 e. The first-order valence-corrected chi connectivity index (χ1v) is 7.15. The van der Waals surface area contributed by atoms with Crippen LogP contribution in [0.2, 0.25) is 0 Å². The summed E-state index contributed by atoms with van der Waals surface area (Å²) in [5.41, 5.74) is 0. The number of fused-ring (bicyclic) bond motifs is 1. The van der Waals surface area contributed by atoms with Crippen LogP contribution in [0.3, 0.4) is 0 Å². The topological polar surface area (TPSA) is 41.9 Å². The van der Waals surface area contributed by atoms with Crippen LogP contribution in [0.25, 0.3) is 10.8 Å². The maximum atomic E-state index is 12.3. The molecule has 98 valence electrons. The van der Waals surface area contributed by atoms with Crippen LogP contribution >= 0.6 is 0 Å². The molecular formula is C14H14N2O2S. The van der Waals surface area contributed by atoms with Crippen LogP contribution in [-0.4, -0.2) is 35.1 Å². The summed E-state index contributed by atoms with van der Waals surface area (Å²) < 4.78 is 19.3. The highest BCUT2D eigenvalue weighted by molar-refractivity contribution is 7.83. The van der Waals surface area contributed by atoms with Gasteiger partial charge in [-0.1, -0.05) is 12.1 Å². The van der Waals surface area contributed by atoms with Crippen molar-refractivity contribution in [1.82, 2.24) is 4.31 Å². The molecule has 0 fully saturated rings. The third-order valence-electron chi connectivity index (χ3n) is 3.09. The summed E-state index contributed by atoms with van der Waals surface area (Å²) in [5, 5.41) is 2.14. The molecule has 5 heteroatoms. The Balaban J connectivity index is 1.97. The second kappa shape index (κ2) is 5.01. The van der Waals surface area contributed by atoms with Gasteiger partial charge in [-0.3, -0.25) is 9.30 Å². The zero-order valence-corrected chi connectivity index (χ0v) is 11.4. The molecule has 1 aliphatic rings. The first kappa shape index (κ1) is 12.2. The predicted octanol–water partition coefficient (Wildman–Crippen LogP) is 2.21. The second-order valence-corrected chi connectivity index (χ2v) is 5.73. The van der Waals surface area contributed by atoms with Crippen molar-refractivity contribution in [1.29, 1.82) is 0 Å². The smallest absolute Gasteiger partial charge is 0.153 e. The molecule has 1 atom stereocenters. The Bertz CT molecular complexity index is 670. The van der Waals surface area contributed by atoms with Crippen molar-refractivity contribution in [2.75, 3.05) is 20.2 Å². The van der Waals surface area contributed by atoms with Gasteiger partial charge in [0.1, 0.15) is 5.75 Å². The van der Waals surface area contributed by atoms with Gasteiger partial charge in [0, 0.05) is 0 Å². The maximum absolute atomic E-state index is 12.3. The van der Waals surface area contributed by atoms with Gasteiger partial charge in [0.25, 0.3) is 0 Å². The van der Waals surface area contributed by atoms with E-state index in [1.807, 2.05) is 36.4 Å². The van der Waals surface area contributed by atoms with E-state index in [1.165, 1.54) is 0 Å². The molecule has 0 N–H and O–H groups in total. The quantitative estimate of drug-likeness (QED) is 0.861. The second-order valence-electron chi connectivity index (χ2n) is 4.29. The van der Waals surface area contributed by atoms with Crippen molar-refractivity contribution >= 4 is 28.1 Å². The highest BCUT2D eigenvalue weighted by Crippen LogP contribution is 2.23. The minimum atomic E-state index is -1.17. The molecule has 1 heterocycles. The van der Waals surface area contributed by atoms with E-state index in [0.717, 1.165) is 28.0 Å². The molecule has 0 saturated carbocycles. The Morgan fingerprint density at radius 2 is 2.00 bits per heavy atom. The lowest BCUT2D eigenvalue weighted by Gasteiger charge is -2.13. The summed E-state index contributed by atoms with van der Waals surface area (Å²) >= 11 is 0. The number of benzene rings is 2. The monoisotopic (exact) mass is 274 g/mol. The molecule has 4 nitrogen and oxygen atoms in total. The molecule has 0 aromatic heterocycles. The van der Waals surface area contributed by atoms with Gasteiger partial charge in [0.05, 0.1) is 31.4 Å². The van der Waals surface area contributed by atoms with Gasteiger partial charge >= 0.3 is 0 Å². The number of hydrogen-bond donors (Lipinski definition) is 0. The number of hydrogen-bond acceptors (Lipinski definition) is 3. The van der Waals surface area contributed by atoms with Gasteiger partial charge in [-0.2, -0.15) is 0 Å². The molecule has 0 amide bonds. The van der Waals surface area contributed by atoms with E-state index >= 15 is 0 Å². The number of methoxy groups -OCH3 is 1. The van der Waals surface area contributed by atoms with E-state index in [4.69, 9.17) is 4.74 Å². The minimum Gasteiger partial charge on any atom is -0.497 e. The van der Waals surface area contributed by atoms with Gasteiger partial charge in [-0.25, -0.2) is 4.21 Å².